The Hall–Kier alpha value is -2.53. The van der Waals surface area contributed by atoms with Crippen molar-refractivity contribution in [2.24, 2.45) is 0 Å². The summed E-state index contributed by atoms with van der Waals surface area (Å²) in [6.07, 6.45) is 0.856. The lowest BCUT2D eigenvalue weighted by Gasteiger charge is -2.22. The maximum atomic E-state index is 13.2. The number of carbonyl (C=O) groups is 1. The van der Waals surface area contributed by atoms with Crippen molar-refractivity contribution in [1.82, 2.24) is 10.1 Å². The van der Waals surface area contributed by atoms with Crippen LogP contribution in [0.3, 0.4) is 0 Å². The molecule has 0 aliphatic heterocycles. The van der Waals surface area contributed by atoms with Crippen LogP contribution in [0.4, 0.5) is 0 Å². The van der Waals surface area contributed by atoms with Gasteiger partial charge in [0.2, 0.25) is 0 Å². The Balaban J connectivity index is 1.71. The van der Waals surface area contributed by atoms with Gasteiger partial charge in [-0.3, -0.25) is 4.79 Å². The van der Waals surface area contributed by atoms with Gasteiger partial charge in [0.05, 0.1) is 11.3 Å². The van der Waals surface area contributed by atoms with Crippen LogP contribution in [-0.2, 0) is 12.2 Å². The lowest BCUT2D eigenvalue weighted by atomic mass is 10.1. The molecule has 0 spiro atoms. The lowest BCUT2D eigenvalue weighted by molar-refractivity contribution is 0.0762. The van der Waals surface area contributed by atoms with Crippen LogP contribution in [-0.4, -0.2) is 29.1 Å². The molecule has 146 valence electrons. The number of nitrogens with zero attached hydrogens (tertiary/aromatic N) is 2. The second-order valence-corrected chi connectivity index (χ2v) is 7.73. The van der Waals surface area contributed by atoms with Crippen LogP contribution in [0.15, 0.2) is 64.0 Å². The van der Waals surface area contributed by atoms with Crippen molar-refractivity contribution in [3.8, 4) is 0 Å². The van der Waals surface area contributed by atoms with Gasteiger partial charge in [-0.2, -0.15) is 0 Å². The zero-order valence-electron chi connectivity index (χ0n) is 16.6. The summed E-state index contributed by atoms with van der Waals surface area (Å²) in [4.78, 5) is 16.1. The highest BCUT2D eigenvalue weighted by molar-refractivity contribution is 7.98. The first-order valence-corrected chi connectivity index (χ1v) is 10.6. The van der Waals surface area contributed by atoms with Crippen molar-refractivity contribution in [3.05, 3.63) is 82.7 Å². The van der Waals surface area contributed by atoms with Gasteiger partial charge in [-0.1, -0.05) is 47.6 Å². The van der Waals surface area contributed by atoms with Crippen LogP contribution < -0.4 is 0 Å². The zero-order valence-corrected chi connectivity index (χ0v) is 17.5. The molecule has 1 heterocycles. The number of amides is 1. The number of thioether (sulfide) groups is 1. The highest BCUT2D eigenvalue weighted by Gasteiger charge is 2.18. The second kappa shape index (κ2) is 9.60. The molecule has 1 amide bonds. The number of hydrogen-bond acceptors (Lipinski definition) is 4. The Kier molecular flexibility index (Phi) is 6.93. The third kappa shape index (κ3) is 4.84. The number of aryl methyl sites for hydroxylation is 2. The van der Waals surface area contributed by atoms with Gasteiger partial charge < -0.3 is 9.42 Å². The van der Waals surface area contributed by atoms with E-state index in [1.807, 2.05) is 68.1 Å². The minimum atomic E-state index is 0.0836. The fraction of sp³-hybridized carbons (Fsp3) is 0.304. The molecular weight excluding hydrogens is 368 g/mol. The Morgan fingerprint density at radius 1 is 1.07 bits per heavy atom. The molecule has 3 aromatic rings. The largest absolute Gasteiger partial charge is 0.361 e. The molecule has 3 rings (SSSR count). The predicted molar refractivity (Wildman–Crippen MR) is 114 cm³/mol. The first-order valence-electron chi connectivity index (χ1n) is 9.57. The molecular formula is C23H26N2O2S. The average Bonchev–Trinajstić information content (AvgIpc) is 3.05. The molecule has 0 fully saturated rings. The molecule has 0 radical (unpaired) electrons. The van der Waals surface area contributed by atoms with Gasteiger partial charge in [-0.15, -0.1) is 11.8 Å². The Bertz CT molecular complexity index is 902. The van der Waals surface area contributed by atoms with E-state index in [9.17, 15) is 4.79 Å². The molecule has 0 aliphatic rings. The quantitative estimate of drug-likeness (QED) is 0.487. The fourth-order valence-electron chi connectivity index (χ4n) is 3.11. The number of carbonyl (C=O) groups excluding carboxylic acids is 1. The monoisotopic (exact) mass is 394 g/mol. The SMILES string of the molecule is CCN(CCc1ccccc1)C(=O)c1ccccc1SCc1c(C)noc1C. The number of benzene rings is 2. The van der Waals surface area contributed by atoms with Gasteiger partial charge in [0.15, 0.2) is 0 Å². The van der Waals surface area contributed by atoms with Crippen LogP contribution in [0.5, 0.6) is 0 Å². The summed E-state index contributed by atoms with van der Waals surface area (Å²) in [5.74, 6) is 1.66. The van der Waals surface area contributed by atoms with E-state index in [0.717, 1.165) is 39.7 Å². The van der Waals surface area contributed by atoms with E-state index in [-0.39, 0.29) is 5.91 Å². The van der Waals surface area contributed by atoms with Crippen LogP contribution in [0.25, 0.3) is 0 Å². The summed E-state index contributed by atoms with van der Waals surface area (Å²) in [6, 6.07) is 18.1. The average molecular weight is 395 g/mol. The van der Waals surface area contributed by atoms with Crippen molar-refractivity contribution in [3.63, 3.8) is 0 Å². The van der Waals surface area contributed by atoms with E-state index in [4.69, 9.17) is 4.52 Å². The third-order valence-electron chi connectivity index (χ3n) is 4.85. The summed E-state index contributed by atoms with van der Waals surface area (Å²) in [6.45, 7) is 7.31. The molecule has 0 bridgehead atoms. The number of aromatic nitrogens is 1. The summed E-state index contributed by atoms with van der Waals surface area (Å²) in [5, 5.41) is 4.02. The maximum absolute atomic E-state index is 13.2. The number of likely N-dealkylation sites (N-methyl/N-ethyl adjacent to an activating group) is 1. The minimum Gasteiger partial charge on any atom is -0.361 e. The summed E-state index contributed by atoms with van der Waals surface area (Å²) >= 11 is 1.66. The molecule has 5 heteroatoms. The summed E-state index contributed by atoms with van der Waals surface area (Å²) in [5.41, 5.74) is 4.01. The molecule has 1 aromatic heterocycles. The second-order valence-electron chi connectivity index (χ2n) is 6.71. The highest BCUT2D eigenvalue weighted by atomic mass is 32.2. The standard InChI is InChI=1S/C23H26N2O2S/c1-4-25(15-14-19-10-6-5-7-11-19)23(26)20-12-8-9-13-22(20)28-16-21-17(2)24-27-18(21)3/h5-13H,4,14-16H2,1-3H3. The Morgan fingerprint density at radius 3 is 2.46 bits per heavy atom. The van der Waals surface area contributed by atoms with Crippen molar-refractivity contribution in [2.75, 3.05) is 13.1 Å². The molecule has 0 saturated heterocycles. The van der Waals surface area contributed by atoms with Crippen LogP contribution in [0.1, 0.15) is 39.9 Å². The van der Waals surface area contributed by atoms with Gasteiger partial charge >= 0.3 is 0 Å². The lowest BCUT2D eigenvalue weighted by Crippen LogP contribution is -2.33. The van der Waals surface area contributed by atoms with Gasteiger partial charge in [0.25, 0.3) is 5.91 Å². The molecule has 2 aromatic carbocycles. The normalized spacial score (nSPS) is 10.8. The molecule has 0 N–H and O–H groups in total. The van der Waals surface area contributed by atoms with E-state index >= 15 is 0 Å². The van der Waals surface area contributed by atoms with Crippen molar-refractivity contribution < 1.29 is 9.32 Å². The highest BCUT2D eigenvalue weighted by Crippen LogP contribution is 2.29. The topological polar surface area (TPSA) is 46.3 Å². The van der Waals surface area contributed by atoms with E-state index in [2.05, 4.69) is 17.3 Å². The molecule has 0 atom stereocenters. The molecule has 28 heavy (non-hydrogen) atoms. The van der Waals surface area contributed by atoms with Crippen LogP contribution >= 0.6 is 11.8 Å². The molecule has 4 nitrogen and oxygen atoms in total. The maximum Gasteiger partial charge on any atom is 0.254 e. The number of hydrogen-bond donors (Lipinski definition) is 0. The van der Waals surface area contributed by atoms with Crippen molar-refractivity contribution in [2.45, 2.75) is 37.8 Å². The van der Waals surface area contributed by atoms with E-state index in [0.29, 0.717) is 13.1 Å². The minimum absolute atomic E-state index is 0.0836. The van der Waals surface area contributed by atoms with Gasteiger partial charge in [-0.05, 0) is 44.9 Å². The summed E-state index contributed by atoms with van der Waals surface area (Å²) in [7, 11) is 0. The summed E-state index contributed by atoms with van der Waals surface area (Å²) < 4.78 is 5.25. The van der Waals surface area contributed by atoms with Crippen LogP contribution in [0, 0.1) is 13.8 Å². The number of rotatable bonds is 8. The zero-order chi connectivity index (χ0) is 19.9. The van der Waals surface area contributed by atoms with Crippen molar-refractivity contribution in [1.29, 1.82) is 0 Å². The van der Waals surface area contributed by atoms with E-state index < -0.39 is 0 Å². The first kappa shape index (κ1) is 20.2. The first-order chi connectivity index (χ1) is 13.6. The Morgan fingerprint density at radius 2 is 1.79 bits per heavy atom. The Labute approximate surface area is 170 Å². The molecule has 0 unspecified atom stereocenters. The fourth-order valence-corrected chi connectivity index (χ4v) is 4.31. The molecule has 0 saturated carbocycles. The van der Waals surface area contributed by atoms with Crippen molar-refractivity contribution >= 4 is 17.7 Å². The van der Waals surface area contributed by atoms with Gasteiger partial charge in [0, 0.05) is 29.3 Å². The smallest absolute Gasteiger partial charge is 0.254 e. The van der Waals surface area contributed by atoms with E-state index in [1.165, 1.54) is 5.56 Å². The third-order valence-corrected chi connectivity index (χ3v) is 5.95. The molecule has 0 aliphatic carbocycles. The van der Waals surface area contributed by atoms with Crippen LogP contribution in [0.2, 0.25) is 0 Å². The van der Waals surface area contributed by atoms with Gasteiger partial charge in [-0.25, -0.2) is 0 Å². The van der Waals surface area contributed by atoms with Gasteiger partial charge in [0.1, 0.15) is 5.76 Å². The van der Waals surface area contributed by atoms with E-state index in [1.54, 1.807) is 11.8 Å². The predicted octanol–water partition coefficient (Wildman–Crippen LogP) is 5.29.